The molecule has 0 saturated carbocycles. The van der Waals surface area contributed by atoms with E-state index in [0.717, 1.165) is 5.56 Å². The molecule has 3 N–H and O–H groups in total. The van der Waals surface area contributed by atoms with Gasteiger partial charge in [0.2, 0.25) is 6.23 Å². The number of amides is 3. The van der Waals surface area contributed by atoms with Crippen LogP contribution in [-0.2, 0) is 36.0 Å². The molecule has 2 aromatic carbocycles. The van der Waals surface area contributed by atoms with Crippen LogP contribution in [0.5, 0.6) is 5.75 Å². The van der Waals surface area contributed by atoms with Crippen LogP contribution >= 0.6 is 0 Å². The summed E-state index contributed by atoms with van der Waals surface area (Å²) in [7, 11) is 1.50. The fraction of sp³-hybridized carbons (Fsp3) is 0.304. The molecule has 0 unspecified atom stereocenters. The molecular formula is C23H25N3O7. The summed E-state index contributed by atoms with van der Waals surface area (Å²) in [6.07, 6.45) is -1.83. The van der Waals surface area contributed by atoms with Crippen molar-refractivity contribution in [3.05, 3.63) is 65.7 Å². The third-order valence-electron chi connectivity index (χ3n) is 5.14. The molecular weight excluding hydrogens is 430 g/mol. The maximum absolute atomic E-state index is 13.3. The number of alkyl carbamates (subject to hydrolysis) is 1. The fourth-order valence-corrected chi connectivity index (χ4v) is 3.21. The number of carbonyl (C=O) groups excluding carboxylic acids is 4. The van der Waals surface area contributed by atoms with Gasteiger partial charge in [-0.1, -0.05) is 42.5 Å². The van der Waals surface area contributed by atoms with E-state index in [4.69, 9.17) is 14.2 Å². The minimum atomic E-state index is -1.61. The Balaban J connectivity index is 1.78. The number of methoxy groups -OCH3 is 1. The Morgan fingerprint density at radius 3 is 2.30 bits per heavy atom. The van der Waals surface area contributed by atoms with Crippen molar-refractivity contribution in [1.29, 1.82) is 0 Å². The minimum absolute atomic E-state index is 0.00649. The normalized spacial score (nSPS) is 18.6. The first-order valence-electron chi connectivity index (χ1n) is 10.1. The lowest BCUT2D eigenvalue weighted by atomic mass is 9.90. The summed E-state index contributed by atoms with van der Waals surface area (Å²) in [6, 6.07) is 14.5. The van der Waals surface area contributed by atoms with Gasteiger partial charge in [0.15, 0.2) is 6.04 Å². The van der Waals surface area contributed by atoms with Gasteiger partial charge in [-0.15, -0.1) is 0 Å². The van der Waals surface area contributed by atoms with Crippen LogP contribution in [0.25, 0.3) is 0 Å². The van der Waals surface area contributed by atoms with Crippen molar-refractivity contribution in [3.8, 4) is 5.75 Å². The zero-order valence-corrected chi connectivity index (χ0v) is 18.4. The largest absolute Gasteiger partial charge is 0.497 e. The number of hydrogen-bond acceptors (Lipinski definition) is 7. The average Bonchev–Trinajstić information content (AvgIpc) is 2.81. The topological polar surface area (TPSA) is 132 Å². The van der Waals surface area contributed by atoms with Crippen LogP contribution in [0, 0.1) is 0 Å². The highest BCUT2D eigenvalue weighted by atomic mass is 16.6. The van der Waals surface area contributed by atoms with Gasteiger partial charge in [-0.25, -0.2) is 4.79 Å². The van der Waals surface area contributed by atoms with E-state index in [1.165, 1.54) is 21.0 Å². The Labute approximate surface area is 190 Å². The predicted molar refractivity (Wildman–Crippen MR) is 116 cm³/mol. The lowest BCUT2D eigenvalue weighted by Crippen LogP contribution is -2.72. The number of carbonyl (C=O) groups is 4. The summed E-state index contributed by atoms with van der Waals surface area (Å²) >= 11 is 0. The average molecular weight is 455 g/mol. The van der Waals surface area contributed by atoms with E-state index in [9.17, 15) is 19.2 Å². The number of benzene rings is 2. The number of nitrogens with one attached hydrogen (secondary N) is 3. The van der Waals surface area contributed by atoms with Gasteiger partial charge in [-0.05, 0) is 30.2 Å². The van der Waals surface area contributed by atoms with Gasteiger partial charge in [0, 0.05) is 6.92 Å². The molecule has 1 aliphatic heterocycles. The van der Waals surface area contributed by atoms with Gasteiger partial charge in [-0.3, -0.25) is 14.4 Å². The highest BCUT2D eigenvalue weighted by Crippen LogP contribution is 2.25. The molecule has 0 aromatic heterocycles. The molecule has 0 bridgehead atoms. The van der Waals surface area contributed by atoms with E-state index in [1.807, 2.05) is 18.2 Å². The Bertz CT molecular complexity index is 1030. The molecule has 2 aromatic rings. The maximum Gasteiger partial charge on any atom is 0.408 e. The van der Waals surface area contributed by atoms with Crippen LogP contribution in [0.15, 0.2) is 54.6 Å². The summed E-state index contributed by atoms with van der Waals surface area (Å²) < 4.78 is 15.4. The molecule has 174 valence electrons. The van der Waals surface area contributed by atoms with Gasteiger partial charge >= 0.3 is 12.1 Å². The molecule has 0 aliphatic carbocycles. The number of ether oxygens (including phenoxy) is 3. The monoisotopic (exact) mass is 455 g/mol. The molecule has 10 heteroatoms. The second-order valence-corrected chi connectivity index (χ2v) is 7.53. The summed E-state index contributed by atoms with van der Waals surface area (Å²) in [5, 5.41) is 7.52. The molecule has 0 radical (unpaired) electrons. The van der Waals surface area contributed by atoms with Gasteiger partial charge < -0.3 is 30.2 Å². The van der Waals surface area contributed by atoms with Crippen molar-refractivity contribution in [1.82, 2.24) is 16.0 Å². The van der Waals surface area contributed by atoms with Crippen molar-refractivity contribution in [2.24, 2.45) is 0 Å². The van der Waals surface area contributed by atoms with Gasteiger partial charge in [0.05, 0.1) is 7.11 Å². The van der Waals surface area contributed by atoms with Crippen molar-refractivity contribution in [3.63, 3.8) is 0 Å². The Morgan fingerprint density at radius 1 is 1.06 bits per heavy atom. The number of rotatable bonds is 8. The van der Waals surface area contributed by atoms with Crippen LogP contribution in [-0.4, -0.2) is 43.3 Å². The van der Waals surface area contributed by atoms with Gasteiger partial charge in [-0.2, -0.15) is 0 Å². The molecule has 1 saturated heterocycles. The molecule has 3 rings (SSSR count). The highest BCUT2D eigenvalue weighted by molar-refractivity contribution is 5.97. The lowest BCUT2D eigenvalue weighted by molar-refractivity contribution is -0.164. The smallest absolute Gasteiger partial charge is 0.408 e. The standard InChI is InChI=1S/C23H25N3O7/c1-14(27)33-20-18(19(28)25-20)24-21(29)23(2,16-9-11-17(31-3)12-10-16)26-22(30)32-13-15-7-5-4-6-8-15/h4-12,18,20H,13H2,1-3H3,(H,24,29)(H,25,28)(H,26,30)/t18-,20+,23-/m1/s1. The van der Waals surface area contributed by atoms with Gasteiger partial charge in [0.25, 0.3) is 11.8 Å². The van der Waals surface area contributed by atoms with Crippen molar-refractivity contribution in [2.45, 2.75) is 38.3 Å². The van der Waals surface area contributed by atoms with Crippen molar-refractivity contribution < 1.29 is 33.4 Å². The Hall–Kier alpha value is -4.08. The summed E-state index contributed by atoms with van der Waals surface area (Å²) in [6.45, 7) is 2.67. The highest BCUT2D eigenvalue weighted by Gasteiger charge is 2.47. The lowest BCUT2D eigenvalue weighted by Gasteiger charge is -2.38. The SMILES string of the molecule is COc1ccc([C@@](C)(NC(=O)OCc2ccccc2)C(=O)N[C@@H]2C(=O)N[C@H]2OC(C)=O)cc1. The first kappa shape index (κ1) is 23.6. The second-order valence-electron chi connectivity index (χ2n) is 7.53. The van der Waals surface area contributed by atoms with Crippen LogP contribution in [0.4, 0.5) is 4.79 Å². The zero-order chi connectivity index (χ0) is 24.0. The van der Waals surface area contributed by atoms with E-state index in [1.54, 1.807) is 36.4 Å². The molecule has 1 aliphatic rings. The Kier molecular flexibility index (Phi) is 7.17. The summed E-state index contributed by atoms with van der Waals surface area (Å²) in [4.78, 5) is 49.0. The predicted octanol–water partition coefficient (Wildman–Crippen LogP) is 1.34. The first-order valence-corrected chi connectivity index (χ1v) is 10.1. The van der Waals surface area contributed by atoms with E-state index in [-0.39, 0.29) is 6.61 Å². The molecule has 0 spiro atoms. The molecule has 33 heavy (non-hydrogen) atoms. The first-order chi connectivity index (χ1) is 15.7. The third kappa shape index (κ3) is 5.59. The van der Waals surface area contributed by atoms with Crippen molar-refractivity contribution in [2.75, 3.05) is 7.11 Å². The van der Waals surface area contributed by atoms with E-state index in [2.05, 4.69) is 16.0 Å². The molecule has 3 atom stereocenters. The zero-order valence-electron chi connectivity index (χ0n) is 18.4. The van der Waals surface area contributed by atoms with Crippen LogP contribution in [0.3, 0.4) is 0 Å². The maximum atomic E-state index is 13.3. The summed E-state index contributed by atoms with van der Waals surface area (Å²) in [5.74, 6) is -1.26. The second kappa shape index (κ2) is 10.0. The Morgan fingerprint density at radius 2 is 1.73 bits per heavy atom. The number of esters is 1. The quantitative estimate of drug-likeness (QED) is 0.404. The molecule has 1 fully saturated rings. The van der Waals surface area contributed by atoms with Crippen LogP contribution < -0.4 is 20.7 Å². The van der Waals surface area contributed by atoms with Crippen molar-refractivity contribution >= 4 is 23.9 Å². The fourth-order valence-electron chi connectivity index (χ4n) is 3.21. The van der Waals surface area contributed by atoms with Crippen LogP contribution in [0.2, 0.25) is 0 Å². The third-order valence-corrected chi connectivity index (χ3v) is 5.14. The molecule has 1 heterocycles. The van der Waals surface area contributed by atoms with Crippen LogP contribution in [0.1, 0.15) is 25.0 Å². The van der Waals surface area contributed by atoms with E-state index < -0.39 is 41.7 Å². The molecule has 3 amide bonds. The minimum Gasteiger partial charge on any atom is -0.497 e. The number of β-lactam (4-membered cyclic amide) rings is 1. The summed E-state index contributed by atoms with van der Waals surface area (Å²) in [5.41, 5.74) is -0.420. The van der Waals surface area contributed by atoms with Gasteiger partial charge in [0.1, 0.15) is 17.9 Å². The molecule has 10 nitrogen and oxygen atoms in total. The van der Waals surface area contributed by atoms with E-state index in [0.29, 0.717) is 11.3 Å². The number of hydrogen-bond donors (Lipinski definition) is 3. The van der Waals surface area contributed by atoms with E-state index >= 15 is 0 Å².